The van der Waals surface area contributed by atoms with E-state index in [9.17, 15) is 8.42 Å². The van der Waals surface area contributed by atoms with E-state index in [4.69, 9.17) is 5.73 Å². The lowest BCUT2D eigenvalue weighted by Crippen LogP contribution is -2.39. The summed E-state index contributed by atoms with van der Waals surface area (Å²) < 4.78 is 27.0. The molecule has 0 spiro atoms. The molecule has 0 amide bonds. The topological polar surface area (TPSA) is 75.4 Å². The second-order valence-corrected chi connectivity index (χ2v) is 5.29. The van der Waals surface area contributed by atoms with Gasteiger partial charge < -0.3 is 5.73 Å². The molecule has 1 aromatic rings. The zero-order valence-corrected chi connectivity index (χ0v) is 10.1. The van der Waals surface area contributed by atoms with Crippen LogP contribution in [0.3, 0.4) is 0 Å². The minimum atomic E-state index is -3.42. The highest BCUT2D eigenvalue weighted by Crippen LogP contribution is 2.05. The Morgan fingerprint density at radius 2 is 1.94 bits per heavy atom. The molecule has 0 radical (unpaired) electrons. The third kappa shape index (κ3) is 3.90. The molecule has 0 atom stereocenters. The minimum Gasteiger partial charge on any atom is -0.329 e. The fourth-order valence-electron chi connectivity index (χ4n) is 1.22. The van der Waals surface area contributed by atoms with Crippen LogP contribution in [0.4, 0.5) is 0 Å². The van der Waals surface area contributed by atoms with Crippen LogP contribution in [0.2, 0.25) is 0 Å². The third-order valence-electron chi connectivity index (χ3n) is 2.09. The Balaban J connectivity index is 2.61. The van der Waals surface area contributed by atoms with Gasteiger partial charge in [0.15, 0.2) is 0 Å². The van der Waals surface area contributed by atoms with Crippen LogP contribution in [-0.2, 0) is 16.8 Å². The maximum atomic E-state index is 11.7. The molecule has 5 nitrogen and oxygen atoms in total. The van der Waals surface area contributed by atoms with Gasteiger partial charge in [-0.2, -0.15) is 12.7 Å². The summed E-state index contributed by atoms with van der Waals surface area (Å²) in [5.74, 6) is 0. The van der Waals surface area contributed by atoms with Crippen molar-refractivity contribution in [1.29, 1.82) is 0 Å². The van der Waals surface area contributed by atoms with Crippen LogP contribution in [0.25, 0.3) is 0 Å². The van der Waals surface area contributed by atoms with Gasteiger partial charge in [0.25, 0.3) is 10.2 Å². The molecule has 6 heteroatoms. The number of hydrogen-bond acceptors (Lipinski definition) is 3. The van der Waals surface area contributed by atoms with Crippen LogP contribution in [0.1, 0.15) is 5.56 Å². The Bertz CT molecular complexity index is 405. The summed E-state index contributed by atoms with van der Waals surface area (Å²) in [5.41, 5.74) is 6.19. The van der Waals surface area contributed by atoms with E-state index < -0.39 is 10.2 Å². The number of nitrogens with zero attached hydrogens (tertiary/aromatic N) is 1. The second-order valence-electron chi connectivity index (χ2n) is 3.43. The minimum absolute atomic E-state index is 0.251. The summed E-state index contributed by atoms with van der Waals surface area (Å²) >= 11 is 0. The van der Waals surface area contributed by atoms with Gasteiger partial charge in [-0.3, -0.25) is 0 Å². The van der Waals surface area contributed by atoms with E-state index in [1.54, 1.807) is 0 Å². The molecule has 0 saturated heterocycles. The van der Waals surface area contributed by atoms with Gasteiger partial charge in [0.05, 0.1) is 0 Å². The number of hydrogen-bond donors (Lipinski definition) is 2. The van der Waals surface area contributed by atoms with E-state index in [0.717, 1.165) is 5.56 Å². The van der Waals surface area contributed by atoms with Crippen LogP contribution in [0.15, 0.2) is 30.3 Å². The Hall–Kier alpha value is -0.950. The lowest BCUT2D eigenvalue weighted by atomic mass is 10.2. The summed E-state index contributed by atoms with van der Waals surface area (Å²) in [7, 11) is -1.88. The van der Waals surface area contributed by atoms with Gasteiger partial charge >= 0.3 is 0 Å². The molecule has 0 aliphatic carbocycles. The maximum Gasteiger partial charge on any atom is 0.279 e. The quantitative estimate of drug-likeness (QED) is 0.733. The number of benzene rings is 1. The van der Waals surface area contributed by atoms with E-state index in [-0.39, 0.29) is 6.54 Å². The molecule has 16 heavy (non-hydrogen) atoms. The van der Waals surface area contributed by atoms with Crippen molar-refractivity contribution >= 4 is 10.2 Å². The van der Waals surface area contributed by atoms with Crippen molar-refractivity contribution in [2.24, 2.45) is 5.73 Å². The van der Waals surface area contributed by atoms with Crippen molar-refractivity contribution in [3.8, 4) is 0 Å². The monoisotopic (exact) mass is 243 g/mol. The predicted molar refractivity (Wildman–Crippen MR) is 63.9 cm³/mol. The first-order valence-corrected chi connectivity index (χ1v) is 6.45. The zero-order valence-electron chi connectivity index (χ0n) is 9.26. The highest BCUT2D eigenvalue weighted by atomic mass is 32.2. The fourth-order valence-corrected chi connectivity index (χ4v) is 2.14. The Morgan fingerprint density at radius 3 is 2.50 bits per heavy atom. The second kappa shape index (κ2) is 5.95. The molecule has 1 rings (SSSR count). The molecule has 0 aliphatic heterocycles. The van der Waals surface area contributed by atoms with Crippen molar-refractivity contribution in [3.63, 3.8) is 0 Å². The molecule has 0 fully saturated rings. The van der Waals surface area contributed by atoms with Crippen LogP contribution in [0.5, 0.6) is 0 Å². The van der Waals surface area contributed by atoms with Crippen molar-refractivity contribution in [3.05, 3.63) is 35.9 Å². The molecule has 0 saturated carbocycles. The van der Waals surface area contributed by atoms with Gasteiger partial charge in [0.1, 0.15) is 0 Å². The van der Waals surface area contributed by atoms with E-state index in [0.29, 0.717) is 13.1 Å². The first-order chi connectivity index (χ1) is 7.56. The smallest absolute Gasteiger partial charge is 0.279 e. The summed E-state index contributed by atoms with van der Waals surface area (Å²) in [6.45, 7) is 0.889. The summed E-state index contributed by atoms with van der Waals surface area (Å²) in [5, 5.41) is 0. The highest BCUT2D eigenvalue weighted by molar-refractivity contribution is 7.87. The van der Waals surface area contributed by atoms with Crippen LogP contribution in [-0.4, -0.2) is 32.9 Å². The van der Waals surface area contributed by atoms with E-state index in [1.165, 1.54) is 11.4 Å². The summed E-state index contributed by atoms with van der Waals surface area (Å²) in [6, 6.07) is 9.42. The van der Waals surface area contributed by atoms with Crippen LogP contribution < -0.4 is 10.5 Å². The third-order valence-corrected chi connectivity index (χ3v) is 3.61. The largest absolute Gasteiger partial charge is 0.329 e. The average molecular weight is 243 g/mol. The fraction of sp³-hybridized carbons (Fsp3) is 0.400. The molecule has 0 aliphatic rings. The molecular formula is C10H17N3O2S. The van der Waals surface area contributed by atoms with Crippen LogP contribution in [0, 0.1) is 0 Å². The van der Waals surface area contributed by atoms with Crippen molar-refractivity contribution in [2.45, 2.75) is 6.54 Å². The molecule has 0 unspecified atom stereocenters. The van der Waals surface area contributed by atoms with Crippen molar-refractivity contribution in [1.82, 2.24) is 9.03 Å². The number of nitrogens with two attached hydrogens (primary N) is 1. The van der Waals surface area contributed by atoms with E-state index in [1.807, 2.05) is 30.3 Å². The van der Waals surface area contributed by atoms with Crippen LogP contribution >= 0.6 is 0 Å². The molecule has 3 N–H and O–H groups in total. The summed E-state index contributed by atoms with van der Waals surface area (Å²) in [4.78, 5) is 0. The highest BCUT2D eigenvalue weighted by Gasteiger charge is 2.16. The van der Waals surface area contributed by atoms with E-state index in [2.05, 4.69) is 4.72 Å². The molecule has 0 heterocycles. The van der Waals surface area contributed by atoms with Crippen molar-refractivity contribution < 1.29 is 8.42 Å². The lowest BCUT2D eigenvalue weighted by Gasteiger charge is -2.17. The Labute approximate surface area is 96.4 Å². The summed E-state index contributed by atoms with van der Waals surface area (Å²) in [6.07, 6.45) is 0. The SMILES string of the molecule is CN(Cc1ccccc1)S(=O)(=O)NCCN. The molecule has 0 aromatic heterocycles. The molecule has 90 valence electrons. The zero-order chi connectivity index (χ0) is 12.0. The first-order valence-electron chi connectivity index (χ1n) is 5.01. The van der Waals surface area contributed by atoms with Gasteiger partial charge in [-0.15, -0.1) is 0 Å². The van der Waals surface area contributed by atoms with Gasteiger partial charge in [0.2, 0.25) is 0 Å². The van der Waals surface area contributed by atoms with Gasteiger partial charge in [0, 0.05) is 26.7 Å². The van der Waals surface area contributed by atoms with E-state index >= 15 is 0 Å². The normalized spacial score (nSPS) is 11.9. The Morgan fingerprint density at radius 1 is 1.31 bits per heavy atom. The molecule has 0 bridgehead atoms. The van der Waals surface area contributed by atoms with Gasteiger partial charge in [-0.1, -0.05) is 30.3 Å². The average Bonchev–Trinajstić information content (AvgIpc) is 2.28. The predicted octanol–water partition coefficient (Wildman–Crippen LogP) is -0.0885. The Kier molecular flexibility index (Phi) is 4.88. The molecule has 1 aromatic carbocycles. The standard InChI is InChI=1S/C10H17N3O2S/c1-13(16(14,15)12-8-7-11)9-10-5-3-2-4-6-10/h2-6,12H,7-9,11H2,1H3. The number of nitrogens with one attached hydrogen (secondary N) is 1. The lowest BCUT2D eigenvalue weighted by molar-refractivity contribution is 0.455. The maximum absolute atomic E-state index is 11.7. The van der Waals surface area contributed by atoms with Gasteiger partial charge in [-0.25, -0.2) is 4.72 Å². The van der Waals surface area contributed by atoms with Crippen molar-refractivity contribution in [2.75, 3.05) is 20.1 Å². The first kappa shape index (κ1) is 13.1. The van der Waals surface area contributed by atoms with Gasteiger partial charge in [-0.05, 0) is 5.56 Å². The molecular weight excluding hydrogens is 226 g/mol. The number of rotatable bonds is 6.